The van der Waals surface area contributed by atoms with Crippen molar-refractivity contribution in [1.82, 2.24) is 10.2 Å². The van der Waals surface area contributed by atoms with Crippen molar-refractivity contribution >= 4 is 5.97 Å². The van der Waals surface area contributed by atoms with Crippen molar-refractivity contribution in [2.45, 2.75) is 84.8 Å². The first-order valence-electron chi connectivity index (χ1n) is 8.37. The van der Waals surface area contributed by atoms with E-state index >= 15 is 0 Å². The van der Waals surface area contributed by atoms with Gasteiger partial charge in [0.05, 0.1) is 0 Å². The summed E-state index contributed by atoms with van der Waals surface area (Å²) in [6, 6.07) is 0.460. The highest BCUT2D eigenvalue weighted by Gasteiger charge is 2.38. The van der Waals surface area contributed by atoms with Gasteiger partial charge in [0.25, 0.3) is 0 Å². The van der Waals surface area contributed by atoms with Crippen LogP contribution in [0.1, 0.15) is 67.2 Å². The average molecular weight is 298 g/mol. The van der Waals surface area contributed by atoms with Crippen LogP contribution in [0.15, 0.2) is 0 Å². The first kappa shape index (κ1) is 18.4. The molecule has 0 bridgehead atoms. The molecule has 0 radical (unpaired) electrons. The summed E-state index contributed by atoms with van der Waals surface area (Å²) < 4.78 is 0. The molecule has 0 aromatic heterocycles. The normalized spacial score (nSPS) is 23.8. The van der Waals surface area contributed by atoms with Gasteiger partial charge < -0.3 is 10.0 Å². The molecule has 0 aliphatic carbocycles. The van der Waals surface area contributed by atoms with Crippen molar-refractivity contribution in [2.24, 2.45) is 5.41 Å². The summed E-state index contributed by atoms with van der Waals surface area (Å²) in [6.07, 6.45) is 4.31. The molecule has 0 amide bonds. The fourth-order valence-electron chi connectivity index (χ4n) is 3.42. The second kappa shape index (κ2) is 7.10. The lowest BCUT2D eigenvalue weighted by Gasteiger charge is -2.43. The molecule has 124 valence electrons. The lowest BCUT2D eigenvalue weighted by atomic mass is 9.77. The number of likely N-dealkylation sites (tertiary alicyclic amines) is 1. The molecule has 2 unspecified atom stereocenters. The first-order valence-corrected chi connectivity index (χ1v) is 8.37. The maximum Gasteiger partial charge on any atom is 0.323 e. The van der Waals surface area contributed by atoms with Gasteiger partial charge in [-0.15, -0.1) is 0 Å². The van der Waals surface area contributed by atoms with Crippen molar-refractivity contribution < 1.29 is 9.90 Å². The van der Waals surface area contributed by atoms with Crippen LogP contribution >= 0.6 is 0 Å². The van der Waals surface area contributed by atoms with Gasteiger partial charge in [-0.2, -0.15) is 0 Å². The Balaban J connectivity index is 2.63. The summed E-state index contributed by atoms with van der Waals surface area (Å²) >= 11 is 0. The Morgan fingerprint density at radius 1 is 1.33 bits per heavy atom. The van der Waals surface area contributed by atoms with Gasteiger partial charge in [0.2, 0.25) is 0 Å². The predicted octanol–water partition coefficient (Wildman–Crippen LogP) is 3.12. The van der Waals surface area contributed by atoms with Gasteiger partial charge in [0, 0.05) is 12.1 Å². The van der Waals surface area contributed by atoms with E-state index in [4.69, 9.17) is 0 Å². The van der Waals surface area contributed by atoms with E-state index in [0.717, 1.165) is 13.1 Å². The van der Waals surface area contributed by atoms with E-state index in [1.165, 1.54) is 19.3 Å². The highest BCUT2D eigenvalue weighted by atomic mass is 16.4. The Morgan fingerprint density at radius 2 is 1.86 bits per heavy atom. The molecule has 2 N–H and O–H groups in total. The predicted molar refractivity (Wildman–Crippen MR) is 87.6 cm³/mol. The van der Waals surface area contributed by atoms with Gasteiger partial charge >= 0.3 is 5.97 Å². The van der Waals surface area contributed by atoms with Crippen molar-refractivity contribution in [3.63, 3.8) is 0 Å². The maximum atomic E-state index is 11.6. The number of rotatable bonds is 7. The minimum absolute atomic E-state index is 0.169. The van der Waals surface area contributed by atoms with Crippen molar-refractivity contribution in [2.75, 3.05) is 13.1 Å². The third kappa shape index (κ3) is 4.96. The smallest absolute Gasteiger partial charge is 0.323 e. The van der Waals surface area contributed by atoms with Crippen LogP contribution in [0.4, 0.5) is 0 Å². The number of aliphatic carboxylic acids is 1. The third-order valence-corrected chi connectivity index (χ3v) is 5.26. The number of piperidine rings is 1. The fourth-order valence-corrected chi connectivity index (χ4v) is 3.42. The van der Waals surface area contributed by atoms with Crippen LogP contribution < -0.4 is 5.32 Å². The molecule has 1 fully saturated rings. The van der Waals surface area contributed by atoms with Gasteiger partial charge in [-0.1, -0.05) is 20.3 Å². The van der Waals surface area contributed by atoms with Gasteiger partial charge in [-0.3, -0.25) is 10.1 Å². The molecular weight excluding hydrogens is 264 g/mol. The van der Waals surface area contributed by atoms with Gasteiger partial charge in [-0.25, -0.2) is 0 Å². The molecule has 1 aliphatic rings. The zero-order valence-corrected chi connectivity index (χ0v) is 14.7. The molecule has 2 atom stereocenters. The summed E-state index contributed by atoms with van der Waals surface area (Å²) in [7, 11) is 0. The molecule has 4 heteroatoms. The van der Waals surface area contributed by atoms with Crippen molar-refractivity contribution in [1.29, 1.82) is 0 Å². The molecular formula is C17H34N2O2. The highest BCUT2D eigenvalue weighted by Crippen LogP contribution is 2.35. The average Bonchev–Trinajstić information content (AvgIpc) is 2.38. The minimum Gasteiger partial charge on any atom is -0.480 e. The van der Waals surface area contributed by atoms with E-state index in [0.29, 0.717) is 17.9 Å². The molecule has 21 heavy (non-hydrogen) atoms. The number of carbonyl (C=O) groups is 1. The zero-order chi connectivity index (χ0) is 16.3. The second-order valence-corrected chi connectivity index (χ2v) is 7.69. The molecule has 1 heterocycles. The molecule has 0 aromatic carbocycles. The molecule has 1 saturated heterocycles. The molecule has 1 rings (SSSR count). The number of nitrogens with one attached hydrogen (secondary N) is 1. The number of hydrogen-bond acceptors (Lipinski definition) is 3. The minimum atomic E-state index is -0.848. The molecule has 0 spiro atoms. The summed E-state index contributed by atoms with van der Waals surface area (Å²) in [4.78, 5) is 14.1. The number of nitrogens with zero attached hydrogens (tertiary/aromatic N) is 1. The third-order valence-electron chi connectivity index (χ3n) is 5.26. The zero-order valence-electron chi connectivity index (χ0n) is 14.7. The Hall–Kier alpha value is -0.610. The number of carboxylic acid groups (broad SMARTS) is 1. The van der Waals surface area contributed by atoms with E-state index in [1.54, 1.807) is 0 Å². The standard InChI is InChI=1S/C17H34N2O2/c1-7-16(5)8-10-19(11-9-16)14(4)12-17(6,15(20)21)18-13(2)3/h13-14,18H,7-12H2,1-6H3,(H,20,21). The van der Waals surface area contributed by atoms with Crippen LogP contribution in [0.3, 0.4) is 0 Å². The summed E-state index contributed by atoms with van der Waals surface area (Å²) in [5.41, 5.74) is -0.373. The molecule has 4 nitrogen and oxygen atoms in total. The van der Waals surface area contributed by atoms with E-state index in [9.17, 15) is 9.90 Å². The Kier molecular flexibility index (Phi) is 6.23. The van der Waals surface area contributed by atoms with Crippen molar-refractivity contribution in [3.8, 4) is 0 Å². The molecule has 1 aliphatic heterocycles. The fraction of sp³-hybridized carbons (Fsp3) is 0.941. The number of carboxylic acids is 1. The van der Waals surface area contributed by atoms with Crippen LogP contribution in [0.25, 0.3) is 0 Å². The van der Waals surface area contributed by atoms with Crippen molar-refractivity contribution in [3.05, 3.63) is 0 Å². The topological polar surface area (TPSA) is 52.6 Å². The molecule has 0 saturated carbocycles. The van der Waals surface area contributed by atoms with E-state index < -0.39 is 11.5 Å². The summed E-state index contributed by atoms with van der Waals surface area (Å²) in [5, 5.41) is 12.8. The van der Waals surface area contributed by atoms with Crippen LogP contribution in [0.5, 0.6) is 0 Å². The van der Waals surface area contributed by atoms with Gasteiger partial charge in [0.15, 0.2) is 0 Å². The van der Waals surface area contributed by atoms with E-state index in [1.807, 2.05) is 20.8 Å². The van der Waals surface area contributed by atoms with Crippen LogP contribution in [-0.4, -0.2) is 46.7 Å². The monoisotopic (exact) mass is 298 g/mol. The summed E-state index contributed by atoms with van der Waals surface area (Å²) in [5.74, 6) is -0.751. The van der Waals surface area contributed by atoms with Gasteiger partial charge in [-0.05, 0) is 65.5 Å². The Bertz CT molecular complexity index is 349. The maximum absolute atomic E-state index is 11.6. The Morgan fingerprint density at radius 3 is 2.24 bits per heavy atom. The highest BCUT2D eigenvalue weighted by molar-refractivity contribution is 5.78. The SMILES string of the molecule is CCC1(C)CCN(C(C)CC(C)(NC(C)C)C(=O)O)CC1. The van der Waals surface area contributed by atoms with Crippen LogP contribution in [0.2, 0.25) is 0 Å². The first-order chi connectivity index (χ1) is 9.62. The lowest BCUT2D eigenvalue weighted by molar-refractivity contribution is -0.145. The van der Waals surface area contributed by atoms with Gasteiger partial charge in [0.1, 0.15) is 5.54 Å². The molecule has 0 aromatic rings. The van der Waals surface area contributed by atoms with E-state index in [2.05, 4.69) is 31.0 Å². The number of hydrogen-bond donors (Lipinski definition) is 2. The van der Waals surface area contributed by atoms with Crippen LogP contribution in [0, 0.1) is 5.41 Å². The second-order valence-electron chi connectivity index (χ2n) is 7.69. The lowest BCUT2D eigenvalue weighted by Crippen LogP contribution is -2.56. The largest absolute Gasteiger partial charge is 0.480 e. The quantitative estimate of drug-likeness (QED) is 0.758. The summed E-state index contributed by atoms with van der Waals surface area (Å²) in [6.45, 7) is 14.8. The van der Waals surface area contributed by atoms with E-state index in [-0.39, 0.29) is 6.04 Å². The van der Waals surface area contributed by atoms with Crippen LogP contribution in [-0.2, 0) is 4.79 Å². The Labute approximate surface area is 130 Å².